The first-order valence-corrected chi connectivity index (χ1v) is 11.9. The molecule has 0 aliphatic carbocycles. The van der Waals surface area contributed by atoms with Crippen molar-refractivity contribution in [2.75, 3.05) is 39.3 Å². The lowest BCUT2D eigenvalue weighted by atomic mass is 10.2. The molecule has 3 heterocycles. The number of rotatable bonds is 8. The fourth-order valence-corrected chi connectivity index (χ4v) is 5.13. The van der Waals surface area contributed by atoms with E-state index in [0.29, 0.717) is 19.2 Å². The van der Waals surface area contributed by atoms with Crippen LogP contribution in [0.15, 0.2) is 48.5 Å². The number of ether oxygens (including phenoxy) is 1. The molecule has 2 saturated heterocycles. The average molecular weight is 439 g/mol. The molecule has 2 aliphatic heterocycles. The Morgan fingerprint density at radius 3 is 2.61 bits per heavy atom. The normalized spacial score (nSPS) is 20.1. The molecule has 164 valence electrons. The second-order valence-electron chi connectivity index (χ2n) is 8.79. The van der Waals surface area contributed by atoms with Gasteiger partial charge in [0.2, 0.25) is 5.88 Å². The van der Waals surface area contributed by atoms with Crippen molar-refractivity contribution < 1.29 is 4.74 Å². The fourth-order valence-electron chi connectivity index (χ4n) is 5.01. The molecule has 3 aromatic rings. The minimum Gasteiger partial charge on any atom is -0.475 e. The van der Waals surface area contributed by atoms with E-state index >= 15 is 0 Å². The molecular weight excluding hydrogens is 408 g/mol. The second kappa shape index (κ2) is 9.60. The zero-order chi connectivity index (χ0) is 21.0. The Kier molecular flexibility index (Phi) is 6.44. The van der Waals surface area contributed by atoms with E-state index in [4.69, 9.17) is 21.4 Å². The summed E-state index contributed by atoms with van der Waals surface area (Å²) in [6.45, 7) is 7.31. The Hall–Kier alpha value is -2.08. The average Bonchev–Trinajstić information content (AvgIpc) is 3.53. The molecule has 0 unspecified atom stereocenters. The summed E-state index contributed by atoms with van der Waals surface area (Å²) >= 11 is 6.03. The third-order valence-corrected chi connectivity index (χ3v) is 6.91. The van der Waals surface area contributed by atoms with Crippen LogP contribution in [0.5, 0.6) is 5.88 Å². The van der Waals surface area contributed by atoms with E-state index in [9.17, 15) is 0 Å². The largest absolute Gasteiger partial charge is 0.475 e. The van der Waals surface area contributed by atoms with Gasteiger partial charge in [-0.25, -0.2) is 0 Å². The van der Waals surface area contributed by atoms with Crippen molar-refractivity contribution in [3.8, 4) is 5.88 Å². The highest BCUT2D eigenvalue weighted by Crippen LogP contribution is 2.26. The number of halogens is 1. The van der Waals surface area contributed by atoms with Gasteiger partial charge in [-0.15, -0.1) is 5.10 Å². The van der Waals surface area contributed by atoms with E-state index in [-0.39, 0.29) is 0 Å². The van der Waals surface area contributed by atoms with Crippen LogP contribution in [0.1, 0.15) is 31.2 Å². The summed E-state index contributed by atoms with van der Waals surface area (Å²) in [6, 6.07) is 16.9. The van der Waals surface area contributed by atoms with Gasteiger partial charge in [-0.3, -0.25) is 9.58 Å². The Morgan fingerprint density at radius 1 is 0.968 bits per heavy atom. The van der Waals surface area contributed by atoms with Crippen LogP contribution in [-0.4, -0.2) is 65.0 Å². The summed E-state index contributed by atoms with van der Waals surface area (Å²) in [5.74, 6) is 0.736. The van der Waals surface area contributed by atoms with Gasteiger partial charge in [0.05, 0.1) is 17.4 Å². The van der Waals surface area contributed by atoms with Crippen LogP contribution in [0.3, 0.4) is 0 Å². The molecule has 0 bridgehead atoms. The van der Waals surface area contributed by atoms with Gasteiger partial charge < -0.3 is 9.64 Å². The van der Waals surface area contributed by atoms with E-state index in [1.165, 1.54) is 57.4 Å². The van der Waals surface area contributed by atoms with Crippen molar-refractivity contribution >= 4 is 22.5 Å². The van der Waals surface area contributed by atoms with Crippen molar-refractivity contribution in [2.45, 2.75) is 38.3 Å². The van der Waals surface area contributed by atoms with Crippen molar-refractivity contribution in [3.63, 3.8) is 0 Å². The minimum absolute atomic E-state index is 0.679. The van der Waals surface area contributed by atoms with Crippen molar-refractivity contribution in [2.24, 2.45) is 0 Å². The van der Waals surface area contributed by atoms with Crippen molar-refractivity contribution in [1.29, 1.82) is 0 Å². The first-order valence-electron chi connectivity index (χ1n) is 11.6. The van der Waals surface area contributed by atoms with Gasteiger partial charge in [-0.05, 0) is 75.1 Å². The molecule has 0 saturated carbocycles. The maximum absolute atomic E-state index is 6.23. The van der Waals surface area contributed by atoms with Crippen LogP contribution in [0.25, 0.3) is 10.9 Å². The molecule has 2 fully saturated rings. The first kappa shape index (κ1) is 20.8. The molecular formula is C25H31ClN4O. The summed E-state index contributed by atoms with van der Waals surface area (Å²) in [5, 5.41) is 6.64. The highest BCUT2D eigenvalue weighted by molar-refractivity contribution is 6.30. The number of hydrogen-bond donors (Lipinski definition) is 0. The van der Waals surface area contributed by atoms with Crippen molar-refractivity contribution in [1.82, 2.24) is 19.6 Å². The van der Waals surface area contributed by atoms with Crippen LogP contribution in [0, 0.1) is 0 Å². The zero-order valence-electron chi connectivity index (χ0n) is 18.0. The van der Waals surface area contributed by atoms with Crippen molar-refractivity contribution in [3.05, 3.63) is 59.1 Å². The molecule has 1 atom stereocenters. The SMILES string of the molecule is Clc1ccc(Cn2nc(OCCN3CCC[C@H]3CN3CCCC3)c3ccccc32)cc1. The molecule has 0 radical (unpaired) electrons. The Labute approximate surface area is 189 Å². The number of likely N-dealkylation sites (tertiary alicyclic amines) is 2. The lowest BCUT2D eigenvalue weighted by molar-refractivity contribution is 0.161. The van der Waals surface area contributed by atoms with E-state index in [1.54, 1.807) is 0 Å². The lowest BCUT2D eigenvalue weighted by Gasteiger charge is -2.28. The molecule has 5 rings (SSSR count). The van der Waals surface area contributed by atoms with Gasteiger partial charge in [0, 0.05) is 24.2 Å². The summed E-state index contributed by atoms with van der Waals surface area (Å²) in [4.78, 5) is 5.25. The Morgan fingerprint density at radius 2 is 1.77 bits per heavy atom. The van der Waals surface area contributed by atoms with Gasteiger partial charge in [-0.1, -0.05) is 35.9 Å². The summed E-state index contributed by atoms with van der Waals surface area (Å²) in [5.41, 5.74) is 2.27. The predicted molar refractivity (Wildman–Crippen MR) is 126 cm³/mol. The number of aromatic nitrogens is 2. The Balaban J connectivity index is 1.23. The number of benzene rings is 2. The molecule has 6 heteroatoms. The van der Waals surface area contributed by atoms with Crippen LogP contribution < -0.4 is 4.74 Å². The van der Waals surface area contributed by atoms with Crippen LogP contribution in [-0.2, 0) is 6.54 Å². The summed E-state index contributed by atoms with van der Waals surface area (Å²) in [6.07, 6.45) is 5.34. The van der Waals surface area contributed by atoms with E-state index < -0.39 is 0 Å². The molecule has 0 spiro atoms. The van der Waals surface area contributed by atoms with Gasteiger partial charge in [-0.2, -0.15) is 0 Å². The van der Waals surface area contributed by atoms with Crippen LogP contribution in [0.4, 0.5) is 0 Å². The zero-order valence-corrected chi connectivity index (χ0v) is 18.8. The van der Waals surface area contributed by atoms with E-state index in [2.05, 4.69) is 34.1 Å². The Bertz CT molecular complexity index is 996. The number of fused-ring (bicyclic) bond motifs is 1. The lowest BCUT2D eigenvalue weighted by Crippen LogP contribution is -2.41. The molecule has 1 aromatic heterocycles. The fraction of sp³-hybridized carbons (Fsp3) is 0.480. The maximum atomic E-state index is 6.23. The number of para-hydroxylation sites is 1. The van der Waals surface area contributed by atoms with E-state index in [0.717, 1.165) is 28.4 Å². The smallest absolute Gasteiger partial charge is 0.240 e. The topological polar surface area (TPSA) is 33.5 Å². The number of nitrogens with zero attached hydrogens (tertiary/aromatic N) is 4. The summed E-state index contributed by atoms with van der Waals surface area (Å²) in [7, 11) is 0. The third kappa shape index (κ3) is 4.89. The molecule has 2 aliphatic rings. The second-order valence-corrected chi connectivity index (χ2v) is 9.23. The maximum Gasteiger partial charge on any atom is 0.240 e. The van der Waals surface area contributed by atoms with Gasteiger partial charge in [0.15, 0.2) is 0 Å². The quantitative estimate of drug-likeness (QED) is 0.511. The van der Waals surface area contributed by atoms with Crippen LogP contribution >= 0.6 is 11.6 Å². The standard InChI is InChI=1S/C25H31ClN4O/c26-21-11-9-20(10-12-21)18-30-24-8-2-1-7-23(24)25(27-30)31-17-16-29-15-5-6-22(29)19-28-13-3-4-14-28/h1-2,7-12,22H,3-6,13-19H2/t22-/m0/s1. The van der Waals surface area contributed by atoms with Gasteiger partial charge in [0.25, 0.3) is 0 Å². The molecule has 31 heavy (non-hydrogen) atoms. The summed E-state index contributed by atoms with van der Waals surface area (Å²) < 4.78 is 8.26. The highest BCUT2D eigenvalue weighted by Gasteiger charge is 2.27. The molecule has 0 N–H and O–H groups in total. The van der Waals surface area contributed by atoms with E-state index in [1.807, 2.05) is 28.9 Å². The van der Waals surface area contributed by atoms with Crippen LogP contribution in [0.2, 0.25) is 5.02 Å². The third-order valence-electron chi connectivity index (χ3n) is 6.65. The van der Waals surface area contributed by atoms with Gasteiger partial charge >= 0.3 is 0 Å². The number of hydrogen-bond acceptors (Lipinski definition) is 4. The monoisotopic (exact) mass is 438 g/mol. The minimum atomic E-state index is 0.679. The van der Waals surface area contributed by atoms with Gasteiger partial charge in [0.1, 0.15) is 6.61 Å². The molecule has 0 amide bonds. The first-order chi connectivity index (χ1) is 15.3. The molecule has 5 nitrogen and oxygen atoms in total. The predicted octanol–water partition coefficient (Wildman–Crippen LogP) is 4.68. The highest BCUT2D eigenvalue weighted by atomic mass is 35.5. The molecule has 2 aromatic carbocycles.